The molecule has 3 aromatic rings. The number of nitrogens with one attached hydrogen (secondary N) is 1. The number of rotatable bonds is 9. The van der Waals surface area contributed by atoms with Crippen molar-refractivity contribution in [3.8, 4) is 23.3 Å². The van der Waals surface area contributed by atoms with Gasteiger partial charge in [0.05, 0.1) is 27.0 Å². The van der Waals surface area contributed by atoms with E-state index in [0.717, 1.165) is 30.3 Å². The number of halogens is 2. The van der Waals surface area contributed by atoms with Crippen LogP contribution in [-0.2, 0) is 4.79 Å². The summed E-state index contributed by atoms with van der Waals surface area (Å²) in [6, 6.07) is 12.7. The van der Waals surface area contributed by atoms with Crippen LogP contribution in [-0.4, -0.2) is 22.4 Å². The topological polar surface area (TPSA) is 158 Å². The molecule has 0 aliphatic carbocycles. The molecule has 0 aromatic heterocycles. The minimum atomic E-state index is -0.813. The molecule has 13 heteroatoms. The van der Waals surface area contributed by atoms with E-state index in [0.29, 0.717) is 5.56 Å². The Balaban J connectivity index is 1.97. The lowest BCUT2D eigenvalue weighted by molar-refractivity contribution is -0.394. The number of anilines is 1. The number of non-ortho nitro benzene ring substituents is 1. The number of carbonyl (C=O) groups is 1. The molecule has 0 aliphatic rings. The van der Waals surface area contributed by atoms with Crippen molar-refractivity contribution in [3.05, 3.63) is 96.3 Å². The highest BCUT2D eigenvalue weighted by molar-refractivity contribution is 9.10. The van der Waals surface area contributed by atoms with Gasteiger partial charge in [0.15, 0.2) is 11.5 Å². The average Bonchev–Trinajstić information content (AvgIpc) is 2.86. The van der Waals surface area contributed by atoms with Crippen LogP contribution >= 0.6 is 15.9 Å². The molecule has 0 saturated heterocycles. The fourth-order valence-electron chi connectivity index (χ4n) is 3.04. The molecular weight excluding hydrogens is 555 g/mol. The van der Waals surface area contributed by atoms with Crippen LogP contribution in [0.25, 0.3) is 6.08 Å². The fraction of sp³-hybridized carbons (Fsp3) is 0.0833. The first-order valence-corrected chi connectivity index (χ1v) is 11.2. The quantitative estimate of drug-likeness (QED) is 0.139. The summed E-state index contributed by atoms with van der Waals surface area (Å²) in [6.45, 7) is 1.86. The molecule has 3 rings (SSSR count). The maximum Gasteiger partial charge on any atom is 0.318 e. The van der Waals surface area contributed by atoms with Crippen LogP contribution in [0.15, 0.2) is 64.6 Å². The molecule has 0 fully saturated rings. The highest BCUT2D eigenvalue weighted by Gasteiger charge is 2.24. The van der Waals surface area contributed by atoms with Gasteiger partial charge in [-0.1, -0.05) is 0 Å². The SMILES string of the molecule is CCOc1cc(C=C(C#N)C(=O)Nc2ccc(F)cc2)cc(Br)c1Oc1ccc([N+](=O)[O-])cc1[N+](=O)[O-]. The number of nitrogens with zero attached hydrogens (tertiary/aromatic N) is 3. The van der Waals surface area contributed by atoms with Crippen LogP contribution in [0.2, 0.25) is 0 Å². The van der Waals surface area contributed by atoms with Gasteiger partial charge in [-0.25, -0.2) is 4.39 Å². The zero-order valence-electron chi connectivity index (χ0n) is 18.9. The van der Waals surface area contributed by atoms with Crippen LogP contribution in [0.1, 0.15) is 12.5 Å². The number of nitro benzene ring substituents is 2. The van der Waals surface area contributed by atoms with Crippen molar-refractivity contribution in [3.63, 3.8) is 0 Å². The lowest BCUT2D eigenvalue weighted by Crippen LogP contribution is -2.13. The molecule has 0 atom stereocenters. The van der Waals surface area contributed by atoms with Crippen LogP contribution in [0, 0.1) is 37.4 Å². The second-order valence-corrected chi connectivity index (χ2v) is 8.02. The summed E-state index contributed by atoms with van der Waals surface area (Å²) in [4.78, 5) is 33.4. The van der Waals surface area contributed by atoms with Crippen molar-refractivity contribution in [1.82, 2.24) is 0 Å². The summed E-state index contributed by atoms with van der Waals surface area (Å²) in [5, 5.41) is 34.5. The third-order valence-corrected chi connectivity index (χ3v) is 5.26. The number of nitriles is 1. The molecule has 0 radical (unpaired) electrons. The van der Waals surface area contributed by atoms with Crippen molar-refractivity contribution in [2.45, 2.75) is 6.92 Å². The zero-order chi connectivity index (χ0) is 27.1. The Labute approximate surface area is 217 Å². The summed E-state index contributed by atoms with van der Waals surface area (Å²) < 4.78 is 24.7. The summed E-state index contributed by atoms with van der Waals surface area (Å²) in [7, 11) is 0. The molecular formula is C24H16BrFN4O7. The van der Waals surface area contributed by atoms with Gasteiger partial charge in [-0.05, 0) is 77.0 Å². The van der Waals surface area contributed by atoms with Crippen molar-refractivity contribution in [2.75, 3.05) is 11.9 Å². The number of nitro groups is 2. The Bertz CT molecular complexity index is 1450. The van der Waals surface area contributed by atoms with Gasteiger partial charge in [0.1, 0.15) is 17.5 Å². The first kappa shape index (κ1) is 26.8. The van der Waals surface area contributed by atoms with E-state index in [1.165, 1.54) is 30.3 Å². The summed E-state index contributed by atoms with van der Waals surface area (Å²) in [5.41, 5.74) is -0.731. The van der Waals surface area contributed by atoms with E-state index in [4.69, 9.17) is 9.47 Å². The minimum Gasteiger partial charge on any atom is -0.490 e. The number of hydrogen-bond donors (Lipinski definition) is 1. The van der Waals surface area contributed by atoms with E-state index in [2.05, 4.69) is 21.2 Å². The predicted octanol–water partition coefficient (Wildman–Crippen LogP) is 6.14. The molecule has 3 aromatic carbocycles. The number of hydrogen-bond acceptors (Lipinski definition) is 8. The van der Waals surface area contributed by atoms with Gasteiger partial charge in [0.25, 0.3) is 11.6 Å². The average molecular weight is 571 g/mol. The maximum absolute atomic E-state index is 13.1. The van der Waals surface area contributed by atoms with E-state index < -0.39 is 32.9 Å². The highest BCUT2D eigenvalue weighted by Crippen LogP contribution is 2.43. The molecule has 188 valence electrons. The number of benzene rings is 3. The van der Waals surface area contributed by atoms with Gasteiger partial charge >= 0.3 is 5.69 Å². The molecule has 0 heterocycles. The summed E-state index contributed by atoms with van der Waals surface area (Å²) in [6.07, 6.45) is 1.28. The lowest BCUT2D eigenvalue weighted by atomic mass is 10.1. The Morgan fingerprint density at radius 2 is 1.81 bits per heavy atom. The molecule has 0 bridgehead atoms. The summed E-state index contributed by atoms with van der Waals surface area (Å²) in [5.74, 6) is -1.33. The Kier molecular flexibility index (Phi) is 8.49. The Morgan fingerprint density at radius 1 is 1.11 bits per heavy atom. The van der Waals surface area contributed by atoms with Gasteiger partial charge in [-0.2, -0.15) is 5.26 Å². The molecule has 1 N–H and O–H groups in total. The van der Waals surface area contributed by atoms with Crippen molar-refractivity contribution >= 4 is 45.0 Å². The molecule has 0 unspecified atom stereocenters. The van der Waals surface area contributed by atoms with E-state index in [-0.39, 0.29) is 39.6 Å². The second-order valence-electron chi connectivity index (χ2n) is 7.16. The minimum absolute atomic E-state index is 0.0326. The van der Waals surface area contributed by atoms with Crippen molar-refractivity contribution < 1.29 is 28.5 Å². The third-order valence-electron chi connectivity index (χ3n) is 4.67. The van der Waals surface area contributed by atoms with E-state index in [1.807, 2.05) is 0 Å². The maximum atomic E-state index is 13.1. The van der Waals surface area contributed by atoms with Crippen molar-refractivity contribution in [1.29, 1.82) is 5.26 Å². The highest BCUT2D eigenvalue weighted by atomic mass is 79.9. The smallest absolute Gasteiger partial charge is 0.318 e. The second kappa shape index (κ2) is 11.7. The van der Waals surface area contributed by atoms with Gasteiger partial charge in [0, 0.05) is 11.8 Å². The first-order valence-electron chi connectivity index (χ1n) is 10.4. The first-order chi connectivity index (χ1) is 17.6. The van der Waals surface area contributed by atoms with Gasteiger partial charge < -0.3 is 14.8 Å². The molecule has 0 aliphatic heterocycles. The van der Waals surface area contributed by atoms with E-state index >= 15 is 0 Å². The van der Waals surface area contributed by atoms with Crippen LogP contribution in [0.4, 0.5) is 21.5 Å². The zero-order valence-corrected chi connectivity index (χ0v) is 20.5. The normalized spacial score (nSPS) is 10.8. The lowest BCUT2D eigenvalue weighted by Gasteiger charge is -2.14. The standard InChI is InChI=1S/C24H16BrFN4O7/c1-2-36-22-11-14(9-15(13-27)24(31)28-17-5-3-16(26)4-6-17)10-19(25)23(22)37-21-8-7-18(29(32)33)12-20(21)30(34)35/h3-12H,2H2,1H3,(H,28,31). The van der Waals surface area contributed by atoms with Gasteiger partial charge in [-0.3, -0.25) is 25.0 Å². The molecule has 0 spiro atoms. The number of carbonyl (C=O) groups excluding carboxylic acids is 1. The molecule has 0 saturated carbocycles. The fourth-order valence-corrected chi connectivity index (χ4v) is 3.58. The number of amides is 1. The monoisotopic (exact) mass is 570 g/mol. The van der Waals surface area contributed by atoms with Gasteiger partial charge in [0.2, 0.25) is 5.75 Å². The van der Waals surface area contributed by atoms with E-state index in [1.54, 1.807) is 13.0 Å². The van der Waals surface area contributed by atoms with Crippen LogP contribution in [0.3, 0.4) is 0 Å². The molecule has 37 heavy (non-hydrogen) atoms. The van der Waals surface area contributed by atoms with Crippen LogP contribution < -0.4 is 14.8 Å². The van der Waals surface area contributed by atoms with E-state index in [9.17, 15) is 34.7 Å². The summed E-state index contributed by atoms with van der Waals surface area (Å²) >= 11 is 3.30. The Morgan fingerprint density at radius 3 is 2.41 bits per heavy atom. The Hall–Kier alpha value is -4.83. The number of ether oxygens (including phenoxy) is 2. The van der Waals surface area contributed by atoms with Crippen LogP contribution in [0.5, 0.6) is 17.2 Å². The third kappa shape index (κ3) is 6.65. The molecule has 1 amide bonds. The van der Waals surface area contributed by atoms with Crippen molar-refractivity contribution in [2.24, 2.45) is 0 Å². The molecule has 11 nitrogen and oxygen atoms in total. The van der Waals surface area contributed by atoms with Gasteiger partial charge in [-0.15, -0.1) is 0 Å². The largest absolute Gasteiger partial charge is 0.490 e. The predicted molar refractivity (Wildman–Crippen MR) is 134 cm³/mol.